The van der Waals surface area contributed by atoms with Crippen molar-refractivity contribution in [1.82, 2.24) is 24.1 Å². The standard InChI is InChI=1S/C55H33N5O/c1-4-16-34(17-5-1)53-56-54(35-18-6-2-7-19-35)58-55(57-53)42-30-31-50-51-39(24-14-25-40(42)51)41-26-15-29-47(52(41)61-50)60-46-28-13-11-23-38(46)44-32-43-37-22-10-12-27-45(37)59(48(43)33-49(44)60)36-20-8-3-9-21-36/h1-33H. The molecule has 0 saturated carbocycles. The van der Waals surface area contributed by atoms with Gasteiger partial charge in [-0.05, 0) is 65.5 Å². The summed E-state index contributed by atoms with van der Waals surface area (Å²) in [4.78, 5) is 15.1. The molecule has 0 bridgehead atoms. The highest BCUT2D eigenvalue weighted by Crippen LogP contribution is 2.52. The fraction of sp³-hybridized carbons (Fsp3) is 0. The van der Waals surface area contributed by atoms with Gasteiger partial charge in [-0.1, -0.05) is 146 Å². The molecule has 13 rings (SSSR count). The SMILES string of the molecule is c1ccc(-c2nc(-c3ccccc3)nc(-c3ccc4c5c(cccc35)-c3cccc(-n5c6ccccc6c6cc7c8ccccc8n(-c8ccccc8)c7cc65)c3O4)n2)cc1. The van der Waals surface area contributed by atoms with Gasteiger partial charge in [0.25, 0.3) is 0 Å². The first-order valence-electron chi connectivity index (χ1n) is 20.5. The number of nitrogens with zero attached hydrogens (tertiary/aromatic N) is 5. The topological polar surface area (TPSA) is 57.8 Å². The molecule has 12 aromatic rings. The Hall–Kier alpha value is -8.35. The van der Waals surface area contributed by atoms with Crippen LogP contribution in [-0.4, -0.2) is 24.1 Å². The third kappa shape index (κ3) is 5.06. The van der Waals surface area contributed by atoms with Crippen LogP contribution in [0.2, 0.25) is 0 Å². The highest BCUT2D eigenvalue weighted by Gasteiger charge is 2.27. The molecule has 1 aliphatic rings. The average Bonchev–Trinajstić information content (AvgIpc) is 3.83. The van der Waals surface area contributed by atoms with E-state index in [4.69, 9.17) is 19.7 Å². The molecule has 3 aromatic heterocycles. The largest absolute Gasteiger partial charge is 0.454 e. The van der Waals surface area contributed by atoms with Gasteiger partial charge in [-0.2, -0.15) is 0 Å². The molecule has 6 nitrogen and oxygen atoms in total. The van der Waals surface area contributed by atoms with E-state index in [9.17, 15) is 0 Å². The summed E-state index contributed by atoms with van der Waals surface area (Å²) in [5.74, 6) is 3.48. The zero-order valence-corrected chi connectivity index (χ0v) is 32.7. The van der Waals surface area contributed by atoms with Gasteiger partial charge in [0.15, 0.2) is 23.2 Å². The molecule has 61 heavy (non-hydrogen) atoms. The fourth-order valence-corrected chi connectivity index (χ4v) is 9.48. The van der Waals surface area contributed by atoms with Crippen molar-refractivity contribution in [3.8, 4) is 68.2 Å². The van der Waals surface area contributed by atoms with Crippen molar-refractivity contribution in [3.05, 3.63) is 200 Å². The normalized spacial score (nSPS) is 12.1. The van der Waals surface area contributed by atoms with E-state index < -0.39 is 0 Å². The van der Waals surface area contributed by atoms with E-state index in [0.29, 0.717) is 17.5 Å². The van der Waals surface area contributed by atoms with Gasteiger partial charge in [-0.3, -0.25) is 0 Å². The van der Waals surface area contributed by atoms with Crippen LogP contribution in [0.15, 0.2) is 200 Å². The number of aromatic nitrogens is 5. The summed E-state index contributed by atoms with van der Waals surface area (Å²) in [6, 6.07) is 70.2. The monoisotopic (exact) mass is 779 g/mol. The Morgan fingerprint density at radius 3 is 1.57 bits per heavy atom. The third-order valence-corrected chi connectivity index (χ3v) is 12.2. The van der Waals surface area contributed by atoms with Crippen LogP contribution >= 0.6 is 0 Å². The van der Waals surface area contributed by atoms with E-state index in [1.807, 2.05) is 60.7 Å². The predicted octanol–water partition coefficient (Wildman–Crippen LogP) is 14.0. The zero-order chi connectivity index (χ0) is 40.0. The maximum absolute atomic E-state index is 7.13. The van der Waals surface area contributed by atoms with Crippen LogP contribution in [-0.2, 0) is 0 Å². The van der Waals surface area contributed by atoms with E-state index in [1.54, 1.807) is 0 Å². The molecule has 0 spiro atoms. The van der Waals surface area contributed by atoms with Gasteiger partial charge in [-0.15, -0.1) is 0 Å². The van der Waals surface area contributed by atoms with Crippen LogP contribution in [0, 0.1) is 0 Å². The van der Waals surface area contributed by atoms with E-state index >= 15 is 0 Å². The van der Waals surface area contributed by atoms with E-state index in [1.165, 1.54) is 27.1 Å². The Labute approximate surface area is 350 Å². The minimum atomic E-state index is 0.612. The van der Waals surface area contributed by atoms with Gasteiger partial charge in [0.2, 0.25) is 0 Å². The molecular weight excluding hydrogens is 747 g/mol. The molecule has 284 valence electrons. The molecule has 1 aliphatic heterocycles. The lowest BCUT2D eigenvalue weighted by atomic mass is 9.92. The fourth-order valence-electron chi connectivity index (χ4n) is 9.48. The van der Waals surface area contributed by atoms with Crippen molar-refractivity contribution in [2.24, 2.45) is 0 Å². The minimum Gasteiger partial charge on any atom is -0.454 e. The lowest BCUT2D eigenvalue weighted by Crippen LogP contribution is -2.04. The quantitative estimate of drug-likeness (QED) is 0.175. The second-order valence-electron chi connectivity index (χ2n) is 15.6. The maximum atomic E-state index is 7.13. The molecule has 0 unspecified atom stereocenters. The van der Waals surface area contributed by atoms with Crippen molar-refractivity contribution in [2.45, 2.75) is 0 Å². The Morgan fingerprint density at radius 1 is 0.344 bits per heavy atom. The van der Waals surface area contributed by atoms with Crippen molar-refractivity contribution >= 4 is 54.4 Å². The van der Waals surface area contributed by atoms with Crippen LogP contribution in [0.1, 0.15) is 0 Å². The van der Waals surface area contributed by atoms with E-state index in [-0.39, 0.29) is 0 Å². The van der Waals surface area contributed by atoms with Gasteiger partial charge in [0.05, 0.1) is 27.8 Å². The summed E-state index contributed by atoms with van der Waals surface area (Å²) in [7, 11) is 0. The molecular formula is C55H33N5O. The number of hydrogen-bond acceptors (Lipinski definition) is 4. The van der Waals surface area contributed by atoms with Crippen LogP contribution in [0.3, 0.4) is 0 Å². The second kappa shape index (κ2) is 13.1. The summed E-state index contributed by atoms with van der Waals surface area (Å²) in [6.45, 7) is 0. The summed E-state index contributed by atoms with van der Waals surface area (Å²) >= 11 is 0. The maximum Gasteiger partial charge on any atom is 0.164 e. The van der Waals surface area contributed by atoms with Crippen LogP contribution < -0.4 is 4.74 Å². The predicted molar refractivity (Wildman–Crippen MR) is 248 cm³/mol. The molecule has 4 heterocycles. The number of rotatable bonds is 5. The van der Waals surface area contributed by atoms with Gasteiger partial charge >= 0.3 is 0 Å². The first-order valence-corrected chi connectivity index (χ1v) is 20.5. The first-order chi connectivity index (χ1) is 30.3. The molecule has 6 heteroatoms. The van der Waals surface area contributed by atoms with Crippen molar-refractivity contribution < 1.29 is 4.74 Å². The zero-order valence-electron chi connectivity index (χ0n) is 32.7. The van der Waals surface area contributed by atoms with Gasteiger partial charge in [0, 0.05) is 54.9 Å². The number of fused-ring (bicyclic) bond motifs is 8. The van der Waals surface area contributed by atoms with Crippen LogP contribution in [0.4, 0.5) is 0 Å². The number of para-hydroxylation sites is 4. The van der Waals surface area contributed by atoms with Gasteiger partial charge in [-0.25, -0.2) is 15.0 Å². The first kappa shape index (κ1) is 33.6. The van der Waals surface area contributed by atoms with Crippen molar-refractivity contribution in [3.63, 3.8) is 0 Å². The lowest BCUT2D eigenvalue weighted by Gasteiger charge is -2.25. The molecule has 0 N–H and O–H groups in total. The number of hydrogen-bond donors (Lipinski definition) is 0. The molecule has 0 fully saturated rings. The minimum absolute atomic E-state index is 0.612. The van der Waals surface area contributed by atoms with Crippen molar-refractivity contribution in [1.29, 1.82) is 0 Å². The third-order valence-electron chi connectivity index (χ3n) is 12.2. The molecule has 0 radical (unpaired) electrons. The van der Waals surface area contributed by atoms with Crippen LogP contribution in [0.25, 0.3) is 111 Å². The molecule has 0 atom stereocenters. The summed E-state index contributed by atoms with van der Waals surface area (Å²) in [5, 5.41) is 6.89. The van der Waals surface area contributed by atoms with Crippen molar-refractivity contribution in [2.75, 3.05) is 0 Å². The van der Waals surface area contributed by atoms with Crippen LogP contribution in [0.5, 0.6) is 11.5 Å². The highest BCUT2D eigenvalue weighted by atomic mass is 16.5. The summed E-state index contributed by atoms with van der Waals surface area (Å²) in [6.07, 6.45) is 0. The molecule has 0 saturated heterocycles. The Morgan fingerprint density at radius 2 is 0.885 bits per heavy atom. The number of ether oxygens (including phenoxy) is 1. The second-order valence-corrected chi connectivity index (χ2v) is 15.6. The summed E-state index contributed by atoms with van der Waals surface area (Å²) < 4.78 is 11.9. The molecule has 0 amide bonds. The Balaban J connectivity index is 1.03. The Bertz CT molecular complexity index is 3660. The van der Waals surface area contributed by atoms with E-state index in [0.717, 1.165) is 78.0 Å². The lowest BCUT2D eigenvalue weighted by molar-refractivity contribution is 0.485. The Kier molecular flexibility index (Phi) is 7.21. The average molecular weight is 780 g/mol. The van der Waals surface area contributed by atoms with Gasteiger partial charge in [0.1, 0.15) is 5.75 Å². The highest BCUT2D eigenvalue weighted by molar-refractivity contribution is 6.19. The molecule has 9 aromatic carbocycles. The van der Waals surface area contributed by atoms with E-state index in [2.05, 4.69) is 149 Å². The molecule has 0 aliphatic carbocycles. The number of benzene rings is 9. The smallest absolute Gasteiger partial charge is 0.164 e. The van der Waals surface area contributed by atoms with Gasteiger partial charge < -0.3 is 13.9 Å². The summed E-state index contributed by atoms with van der Waals surface area (Å²) in [5.41, 5.74) is 11.6.